The highest BCUT2D eigenvalue weighted by atomic mass is 15.1. The molecule has 1 heteroatoms. The van der Waals surface area contributed by atoms with E-state index in [0.717, 1.165) is 17.1 Å². The molecule has 0 aliphatic heterocycles. The van der Waals surface area contributed by atoms with Gasteiger partial charge in [0.2, 0.25) is 0 Å². The maximum Gasteiger partial charge on any atom is 0.0540 e. The number of benzene rings is 9. The van der Waals surface area contributed by atoms with Crippen molar-refractivity contribution in [3.8, 4) is 22.3 Å². The van der Waals surface area contributed by atoms with Crippen molar-refractivity contribution in [3.63, 3.8) is 0 Å². The van der Waals surface area contributed by atoms with E-state index in [9.17, 15) is 0 Å². The Balaban J connectivity index is 1.19. The van der Waals surface area contributed by atoms with Gasteiger partial charge >= 0.3 is 0 Å². The summed E-state index contributed by atoms with van der Waals surface area (Å²) in [7, 11) is 0. The summed E-state index contributed by atoms with van der Waals surface area (Å²) >= 11 is 0. The van der Waals surface area contributed by atoms with Crippen molar-refractivity contribution in [2.24, 2.45) is 0 Å². The minimum Gasteiger partial charge on any atom is -0.310 e. The Morgan fingerprint density at radius 1 is 0.277 bits per heavy atom. The molecule has 0 amide bonds. The summed E-state index contributed by atoms with van der Waals surface area (Å²) in [6.45, 7) is 0. The van der Waals surface area contributed by atoms with Crippen LogP contribution in [0.2, 0.25) is 0 Å². The lowest BCUT2D eigenvalue weighted by Crippen LogP contribution is -2.10. The van der Waals surface area contributed by atoms with Gasteiger partial charge in [0, 0.05) is 16.8 Å². The molecule has 0 heterocycles. The van der Waals surface area contributed by atoms with Gasteiger partial charge in [-0.05, 0) is 96.4 Å². The third-order valence-corrected chi connectivity index (χ3v) is 9.42. The smallest absolute Gasteiger partial charge is 0.0540 e. The van der Waals surface area contributed by atoms with Crippen molar-refractivity contribution in [2.75, 3.05) is 4.90 Å². The number of nitrogens with zero attached hydrogens (tertiary/aromatic N) is 1. The average molecular weight is 598 g/mol. The number of hydrogen-bond acceptors (Lipinski definition) is 1. The Kier molecular flexibility index (Phi) is 6.54. The molecule has 9 rings (SSSR count). The largest absolute Gasteiger partial charge is 0.310 e. The number of anilines is 3. The van der Waals surface area contributed by atoms with E-state index in [-0.39, 0.29) is 0 Å². The molecule has 0 unspecified atom stereocenters. The molecule has 0 aliphatic carbocycles. The molecule has 0 saturated carbocycles. The zero-order chi connectivity index (χ0) is 31.2. The minimum absolute atomic E-state index is 1.12. The molecule has 9 aromatic carbocycles. The van der Waals surface area contributed by atoms with Crippen LogP contribution >= 0.6 is 0 Å². The van der Waals surface area contributed by atoms with Gasteiger partial charge in [-0.25, -0.2) is 0 Å². The van der Waals surface area contributed by atoms with E-state index in [1.807, 2.05) is 0 Å². The lowest BCUT2D eigenvalue weighted by molar-refractivity contribution is 1.30. The van der Waals surface area contributed by atoms with Crippen LogP contribution in [0.4, 0.5) is 17.1 Å². The fraction of sp³-hybridized carbons (Fsp3) is 0. The highest BCUT2D eigenvalue weighted by molar-refractivity contribution is 6.12. The molecule has 47 heavy (non-hydrogen) atoms. The monoisotopic (exact) mass is 597 g/mol. The van der Waals surface area contributed by atoms with Crippen LogP contribution in [0, 0.1) is 0 Å². The number of fused-ring (bicyclic) bond motifs is 5. The zero-order valence-corrected chi connectivity index (χ0v) is 25.8. The molecule has 0 aliphatic rings. The summed E-state index contributed by atoms with van der Waals surface area (Å²) in [5, 5.41) is 10.0. The third-order valence-electron chi connectivity index (χ3n) is 9.42. The van der Waals surface area contributed by atoms with Crippen LogP contribution < -0.4 is 4.90 Å². The zero-order valence-electron chi connectivity index (χ0n) is 25.8. The van der Waals surface area contributed by atoms with Gasteiger partial charge in [-0.1, -0.05) is 152 Å². The lowest BCUT2D eigenvalue weighted by Gasteiger charge is -2.27. The lowest BCUT2D eigenvalue weighted by atomic mass is 9.94. The topological polar surface area (TPSA) is 3.24 Å². The maximum atomic E-state index is 2.40. The molecule has 0 fully saturated rings. The average Bonchev–Trinajstić information content (AvgIpc) is 3.15. The molecule has 0 aromatic heterocycles. The molecule has 0 atom stereocenters. The quantitative estimate of drug-likeness (QED) is 0.178. The molecule has 0 spiro atoms. The van der Waals surface area contributed by atoms with Crippen LogP contribution in [0.5, 0.6) is 0 Å². The van der Waals surface area contributed by atoms with Gasteiger partial charge in [0.15, 0.2) is 0 Å². The Hall–Kier alpha value is -6.18. The van der Waals surface area contributed by atoms with Crippen molar-refractivity contribution < 1.29 is 0 Å². The number of rotatable bonds is 5. The van der Waals surface area contributed by atoms with Crippen LogP contribution in [0.3, 0.4) is 0 Å². The number of hydrogen-bond donors (Lipinski definition) is 0. The van der Waals surface area contributed by atoms with E-state index in [0.29, 0.717) is 0 Å². The molecule has 220 valence electrons. The second-order valence-corrected chi connectivity index (χ2v) is 12.2. The van der Waals surface area contributed by atoms with Crippen molar-refractivity contribution >= 4 is 60.2 Å². The van der Waals surface area contributed by atoms with Crippen molar-refractivity contribution in [1.82, 2.24) is 0 Å². The summed E-state index contributed by atoms with van der Waals surface area (Å²) in [4.78, 5) is 2.40. The van der Waals surface area contributed by atoms with E-state index >= 15 is 0 Å². The Labute approximate surface area is 274 Å². The van der Waals surface area contributed by atoms with Crippen molar-refractivity contribution in [1.29, 1.82) is 0 Å². The fourth-order valence-corrected chi connectivity index (χ4v) is 7.11. The first kappa shape index (κ1) is 27.2. The van der Waals surface area contributed by atoms with Gasteiger partial charge in [0.1, 0.15) is 0 Å². The van der Waals surface area contributed by atoms with Crippen LogP contribution in [0.1, 0.15) is 0 Å². The van der Waals surface area contributed by atoms with Gasteiger partial charge in [0.25, 0.3) is 0 Å². The van der Waals surface area contributed by atoms with Crippen molar-refractivity contribution in [2.45, 2.75) is 0 Å². The molecule has 0 saturated heterocycles. The minimum atomic E-state index is 1.12. The van der Waals surface area contributed by atoms with Gasteiger partial charge in [-0.2, -0.15) is 0 Å². The van der Waals surface area contributed by atoms with E-state index in [2.05, 4.69) is 193 Å². The second kappa shape index (κ2) is 11.3. The molecule has 0 radical (unpaired) electrons. The van der Waals surface area contributed by atoms with E-state index in [1.54, 1.807) is 0 Å². The molecular weight excluding hydrogens is 567 g/mol. The predicted octanol–water partition coefficient (Wildman–Crippen LogP) is 13.1. The van der Waals surface area contributed by atoms with Gasteiger partial charge in [0.05, 0.1) is 5.69 Å². The van der Waals surface area contributed by atoms with Crippen LogP contribution in [0.15, 0.2) is 188 Å². The standard InChI is InChI=1S/C46H31N/c1-2-13-36-30-37(23-22-32(36)10-1)33-24-27-39(28-25-33)47(46-21-8-14-34-11-4-6-18-43(34)46)40-16-7-15-38(31-40)42-19-9-20-44-41-17-5-3-12-35(41)26-29-45(42)44/h1-31H. The summed E-state index contributed by atoms with van der Waals surface area (Å²) in [5.74, 6) is 0. The van der Waals surface area contributed by atoms with E-state index in [1.165, 1.54) is 65.3 Å². The third kappa shape index (κ3) is 4.81. The van der Waals surface area contributed by atoms with Crippen LogP contribution in [0.25, 0.3) is 65.3 Å². The summed E-state index contributed by atoms with van der Waals surface area (Å²) < 4.78 is 0. The van der Waals surface area contributed by atoms with Crippen LogP contribution in [-0.2, 0) is 0 Å². The normalized spacial score (nSPS) is 11.4. The maximum absolute atomic E-state index is 2.40. The van der Waals surface area contributed by atoms with Crippen LogP contribution in [-0.4, -0.2) is 0 Å². The second-order valence-electron chi connectivity index (χ2n) is 12.2. The SMILES string of the molecule is c1cc(-c2cccc3c2ccc2ccccc23)cc(N(c2ccc(-c3ccc4ccccc4c3)cc2)c2cccc3ccccc23)c1. The molecule has 0 N–H and O–H groups in total. The predicted molar refractivity (Wildman–Crippen MR) is 202 cm³/mol. The Morgan fingerprint density at radius 2 is 0.894 bits per heavy atom. The first-order valence-corrected chi connectivity index (χ1v) is 16.2. The first-order chi connectivity index (χ1) is 23.3. The Bertz CT molecular complexity index is 2570. The van der Waals surface area contributed by atoms with Crippen molar-refractivity contribution in [3.05, 3.63) is 188 Å². The Morgan fingerprint density at radius 3 is 1.74 bits per heavy atom. The summed E-state index contributed by atoms with van der Waals surface area (Å²) in [5.41, 5.74) is 8.25. The summed E-state index contributed by atoms with van der Waals surface area (Å²) in [6.07, 6.45) is 0. The highest BCUT2D eigenvalue weighted by Crippen LogP contribution is 2.42. The van der Waals surface area contributed by atoms with Gasteiger partial charge < -0.3 is 4.90 Å². The summed E-state index contributed by atoms with van der Waals surface area (Å²) in [6, 6.07) is 68.3. The van der Waals surface area contributed by atoms with E-state index in [4.69, 9.17) is 0 Å². The van der Waals surface area contributed by atoms with Gasteiger partial charge in [-0.15, -0.1) is 0 Å². The highest BCUT2D eigenvalue weighted by Gasteiger charge is 2.17. The van der Waals surface area contributed by atoms with Gasteiger partial charge in [-0.3, -0.25) is 0 Å². The van der Waals surface area contributed by atoms with E-state index < -0.39 is 0 Å². The molecule has 9 aromatic rings. The fourth-order valence-electron chi connectivity index (χ4n) is 7.11. The molecule has 1 nitrogen and oxygen atoms in total. The first-order valence-electron chi connectivity index (χ1n) is 16.2. The molecule has 0 bridgehead atoms. The molecular formula is C46H31N.